The summed E-state index contributed by atoms with van der Waals surface area (Å²) in [6.07, 6.45) is 0. The van der Waals surface area contributed by atoms with Crippen molar-refractivity contribution in [2.45, 2.75) is 0 Å². The SMILES string of the molecule is COc1ccc(NCCN2CCN(C)CC2)cc1Cl. The molecule has 0 unspecified atom stereocenters. The molecular weight excluding hydrogens is 262 g/mol. The van der Waals surface area contributed by atoms with Crippen molar-refractivity contribution in [1.82, 2.24) is 9.80 Å². The maximum Gasteiger partial charge on any atom is 0.137 e. The summed E-state index contributed by atoms with van der Waals surface area (Å²) in [7, 11) is 3.80. The molecule has 5 heteroatoms. The Balaban J connectivity index is 1.75. The second kappa shape index (κ2) is 6.98. The largest absolute Gasteiger partial charge is 0.495 e. The van der Waals surface area contributed by atoms with Crippen molar-refractivity contribution >= 4 is 17.3 Å². The molecule has 1 fully saturated rings. The van der Waals surface area contributed by atoms with Crippen molar-refractivity contribution in [3.8, 4) is 5.75 Å². The first-order valence-electron chi connectivity index (χ1n) is 6.67. The van der Waals surface area contributed by atoms with Crippen LogP contribution in [0.4, 0.5) is 5.69 Å². The monoisotopic (exact) mass is 283 g/mol. The van der Waals surface area contributed by atoms with Crippen LogP contribution in [0.3, 0.4) is 0 Å². The van der Waals surface area contributed by atoms with Gasteiger partial charge in [0, 0.05) is 45.0 Å². The van der Waals surface area contributed by atoms with E-state index in [1.54, 1.807) is 7.11 Å². The lowest BCUT2D eigenvalue weighted by atomic mass is 10.3. The lowest BCUT2D eigenvalue weighted by molar-refractivity contribution is 0.158. The van der Waals surface area contributed by atoms with E-state index in [9.17, 15) is 0 Å². The van der Waals surface area contributed by atoms with Gasteiger partial charge >= 0.3 is 0 Å². The molecular formula is C14H22ClN3O. The zero-order valence-corrected chi connectivity index (χ0v) is 12.4. The third-order valence-electron chi connectivity index (χ3n) is 3.50. The van der Waals surface area contributed by atoms with E-state index in [1.165, 1.54) is 0 Å². The lowest BCUT2D eigenvalue weighted by Crippen LogP contribution is -2.45. The van der Waals surface area contributed by atoms with Gasteiger partial charge in [-0.25, -0.2) is 0 Å². The number of rotatable bonds is 5. The molecule has 0 spiro atoms. The number of ether oxygens (including phenoxy) is 1. The van der Waals surface area contributed by atoms with E-state index in [2.05, 4.69) is 22.2 Å². The number of nitrogens with one attached hydrogen (secondary N) is 1. The predicted octanol–water partition coefficient (Wildman–Crippen LogP) is 2.01. The van der Waals surface area contributed by atoms with Gasteiger partial charge in [-0.2, -0.15) is 0 Å². The van der Waals surface area contributed by atoms with E-state index in [0.717, 1.165) is 45.0 Å². The van der Waals surface area contributed by atoms with Crippen LogP contribution in [0.1, 0.15) is 0 Å². The Bertz CT molecular complexity index is 406. The highest BCUT2D eigenvalue weighted by Gasteiger charge is 2.12. The summed E-state index contributed by atoms with van der Waals surface area (Å²) in [4.78, 5) is 4.85. The van der Waals surface area contributed by atoms with Gasteiger partial charge in [0.25, 0.3) is 0 Å². The molecule has 0 bridgehead atoms. The van der Waals surface area contributed by atoms with E-state index in [4.69, 9.17) is 16.3 Å². The van der Waals surface area contributed by atoms with Crippen LogP contribution in [0.15, 0.2) is 18.2 Å². The molecule has 1 aromatic carbocycles. The maximum atomic E-state index is 6.09. The van der Waals surface area contributed by atoms with Crippen LogP contribution < -0.4 is 10.1 Å². The Morgan fingerprint density at radius 1 is 1.26 bits per heavy atom. The van der Waals surface area contributed by atoms with Crippen molar-refractivity contribution < 1.29 is 4.74 Å². The second-order valence-corrected chi connectivity index (χ2v) is 5.33. The Labute approximate surface area is 120 Å². The Morgan fingerprint density at radius 3 is 2.63 bits per heavy atom. The van der Waals surface area contributed by atoms with E-state index in [0.29, 0.717) is 10.8 Å². The van der Waals surface area contributed by atoms with Crippen LogP contribution in [0, 0.1) is 0 Å². The van der Waals surface area contributed by atoms with Crippen LogP contribution in [0.5, 0.6) is 5.75 Å². The molecule has 19 heavy (non-hydrogen) atoms. The van der Waals surface area contributed by atoms with Gasteiger partial charge < -0.3 is 15.0 Å². The van der Waals surface area contributed by atoms with Crippen LogP contribution in [-0.2, 0) is 0 Å². The molecule has 2 rings (SSSR count). The van der Waals surface area contributed by atoms with Gasteiger partial charge in [-0.3, -0.25) is 4.90 Å². The zero-order chi connectivity index (χ0) is 13.7. The van der Waals surface area contributed by atoms with Gasteiger partial charge in [0.15, 0.2) is 0 Å². The predicted molar refractivity (Wildman–Crippen MR) is 80.4 cm³/mol. The molecule has 4 nitrogen and oxygen atoms in total. The fourth-order valence-corrected chi connectivity index (χ4v) is 2.46. The van der Waals surface area contributed by atoms with Crippen molar-refractivity contribution in [1.29, 1.82) is 0 Å². The van der Waals surface area contributed by atoms with Crippen LogP contribution in [0.2, 0.25) is 5.02 Å². The number of piperazine rings is 1. The van der Waals surface area contributed by atoms with Gasteiger partial charge in [-0.1, -0.05) is 11.6 Å². The van der Waals surface area contributed by atoms with E-state index < -0.39 is 0 Å². The highest BCUT2D eigenvalue weighted by molar-refractivity contribution is 6.32. The van der Waals surface area contributed by atoms with Crippen molar-refractivity contribution in [3.63, 3.8) is 0 Å². The number of hydrogen-bond acceptors (Lipinski definition) is 4. The molecule has 1 heterocycles. The maximum absolute atomic E-state index is 6.09. The minimum Gasteiger partial charge on any atom is -0.495 e. The number of hydrogen-bond donors (Lipinski definition) is 1. The van der Waals surface area contributed by atoms with Gasteiger partial charge in [0.2, 0.25) is 0 Å². The molecule has 0 aromatic heterocycles. The third-order valence-corrected chi connectivity index (χ3v) is 3.80. The fourth-order valence-electron chi connectivity index (χ4n) is 2.21. The number of likely N-dealkylation sites (N-methyl/N-ethyl adjacent to an activating group) is 1. The molecule has 0 aliphatic carbocycles. The number of anilines is 1. The van der Waals surface area contributed by atoms with Crippen LogP contribution >= 0.6 is 11.6 Å². The first-order chi connectivity index (χ1) is 9.19. The Kier molecular flexibility index (Phi) is 5.31. The lowest BCUT2D eigenvalue weighted by Gasteiger charge is -2.32. The molecule has 0 atom stereocenters. The quantitative estimate of drug-likeness (QED) is 0.895. The average molecular weight is 284 g/mol. The number of nitrogens with zero attached hydrogens (tertiary/aromatic N) is 2. The highest BCUT2D eigenvalue weighted by Crippen LogP contribution is 2.26. The number of halogens is 1. The first kappa shape index (κ1) is 14.4. The van der Waals surface area contributed by atoms with E-state index in [1.807, 2.05) is 18.2 Å². The van der Waals surface area contributed by atoms with E-state index >= 15 is 0 Å². The molecule has 1 aliphatic rings. The molecule has 0 amide bonds. The molecule has 1 N–H and O–H groups in total. The number of benzene rings is 1. The summed E-state index contributed by atoms with van der Waals surface area (Å²) >= 11 is 6.09. The summed E-state index contributed by atoms with van der Waals surface area (Å²) in [5, 5.41) is 4.05. The standard InChI is InChI=1S/C14H22ClN3O/c1-17-7-9-18(10-8-17)6-5-16-12-3-4-14(19-2)13(15)11-12/h3-4,11,16H,5-10H2,1-2H3. The zero-order valence-electron chi connectivity index (χ0n) is 11.7. The number of methoxy groups -OCH3 is 1. The molecule has 1 aliphatic heterocycles. The highest BCUT2D eigenvalue weighted by atomic mass is 35.5. The normalized spacial score (nSPS) is 17.4. The van der Waals surface area contributed by atoms with Crippen LogP contribution in [-0.4, -0.2) is 63.2 Å². The molecule has 1 aromatic rings. The first-order valence-corrected chi connectivity index (χ1v) is 7.05. The third kappa shape index (κ3) is 4.27. The van der Waals surface area contributed by atoms with Gasteiger partial charge in [0.1, 0.15) is 5.75 Å². The van der Waals surface area contributed by atoms with Gasteiger partial charge in [-0.05, 0) is 25.2 Å². The Morgan fingerprint density at radius 2 is 2.00 bits per heavy atom. The molecule has 106 valence electrons. The van der Waals surface area contributed by atoms with Gasteiger partial charge in [-0.15, -0.1) is 0 Å². The van der Waals surface area contributed by atoms with Crippen LogP contribution in [0.25, 0.3) is 0 Å². The molecule has 1 saturated heterocycles. The average Bonchev–Trinajstić information content (AvgIpc) is 2.41. The smallest absolute Gasteiger partial charge is 0.137 e. The van der Waals surface area contributed by atoms with Gasteiger partial charge in [0.05, 0.1) is 12.1 Å². The van der Waals surface area contributed by atoms with E-state index in [-0.39, 0.29) is 0 Å². The minimum absolute atomic E-state index is 0.645. The summed E-state index contributed by atoms with van der Waals surface area (Å²) in [5.41, 5.74) is 1.04. The fraction of sp³-hybridized carbons (Fsp3) is 0.571. The summed E-state index contributed by atoms with van der Waals surface area (Å²) < 4.78 is 5.14. The Hall–Kier alpha value is -0.970. The van der Waals surface area contributed by atoms with Crippen molar-refractivity contribution in [2.24, 2.45) is 0 Å². The molecule has 0 radical (unpaired) electrons. The van der Waals surface area contributed by atoms with Crippen molar-refractivity contribution in [3.05, 3.63) is 23.2 Å². The van der Waals surface area contributed by atoms with Crippen molar-refractivity contribution in [2.75, 3.05) is 58.7 Å². The summed E-state index contributed by atoms with van der Waals surface area (Å²) in [6.45, 7) is 6.63. The minimum atomic E-state index is 0.645. The summed E-state index contributed by atoms with van der Waals surface area (Å²) in [6, 6.07) is 5.79. The topological polar surface area (TPSA) is 27.7 Å². The molecule has 0 saturated carbocycles. The second-order valence-electron chi connectivity index (χ2n) is 4.92. The summed E-state index contributed by atoms with van der Waals surface area (Å²) in [5.74, 6) is 0.714.